The van der Waals surface area contributed by atoms with Crippen molar-refractivity contribution in [2.24, 2.45) is 0 Å². The maximum Gasteiger partial charge on any atom is 0.244 e. The molecule has 0 amide bonds. The topological polar surface area (TPSA) is 92.4 Å². The first-order valence-corrected chi connectivity index (χ1v) is 5.46. The Morgan fingerprint density at radius 1 is 1.50 bits per heavy atom. The molecule has 7 heteroatoms. The molecule has 5 nitrogen and oxygen atoms in total. The van der Waals surface area contributed by atoms with Gasteiger partial charge in [-0.15, -0.1) is 0 Å². The van der Waals surface area contributed by atoms with Crippen molar-refractivity contribution in [3.05, 3.63) is 17.2 Å². The molecule has 0 bridgehead atoms. The van der Waals surface area contributed by atoms with Gasteiger partial charge in [0.25, 0.3) is 0 Å². The molecule has 0 fully saturated rings. The van der Waals surface area contributed by atoms with E-state index in [1.165, 1.54) is 13.1 Å². The Morgan fingerprint density at radius 3 is 2.57 bits per heavy atom. The molecule has 78 valence electrons. The van der Waals surface area contributed by atoms with Crippen LogP contribution in [0, 0.1) is 0 Å². The molecule has 0 aliphatic carbocycles. The Morgan fingerprint density at radius 2 is 2.07 bits per heavy atom. The van der Waals surface area contributed by atoms with Gasteiger partial charge in [-0.3, -0.25) is 0 Å². The van der Waals surface area contributed by atoms with E-state index in [0.717, 1.165) is 6.07 Å². The number of phenolic OH excluding ortho intramolecular Hbond substituents is 1. The van der Waals surface area contributed by atoms with Crippen molar-refractivity contribution >= 4 is 27.3 Å². The number of hydrogen-bond donors (Lipinski definition) is 3. The van der Waals surface area contributed by atoms with Gasteiger partial charge in [0.1, 0.15) is 4.90 Å². The number of sulfonamides is 1. The molecule has 0 unspecified atom stereocenters. The third-order valence-corrected chi connectivity index (χ3v) is 3.27. The Kier molecular flexibility index (Phi) is 2.89. The molecule has 0 atom stereocenters. The van der Waals surface area contributed by atoms with Gasteiger partial charge in [0.05, 0.1) is 5.69 Å². The first-order valence-electron chi connectivity index (χ1n) is 3.60. The average molecular weight is 237 g/mol. The zero-order valence-electron chi connectivity index (χ0n) is 7.28. The highest BCUT2D eigenvalue weighted by molar-refractivity contribution is 7.89. The quantitative estimate of drug-likeness (QED) is 0.516. The van der Waals surface area contributed by atoms with Crippen LogP contribution in [-0.4, -0.2) is 20.6 Å². The van der Waals surface area contributed by atoms with E-state index in [9.17, 15) is 13.5 Å². The van der Waals surface area contributed by atoms with E-state index in [-0.39, 0.29) is 15.6 Å². The van der Waals surface area contributed by atoms with E-state index >= 15 is 0 Å². The molecule has 4 N–H and O–H groups in total. The predicted octanol–water partition coefficient (Wildman–Crippen LogP) is 0.536. The fourth-order valence-corrected chi connectivity index (χ4v) is 2.08. The molecule has 0 aliphatic rings. The fraction of sp³-hybridized carbons (Fsp3) is 0.143. The Hall–Kier alpha value is -0.980. The van der Waals surface area contributed by atoms with Gasteiger partial charge in [-0.2, -0.15) is 0 Å². The Labute approximate surface area is 86.5 Å². The lowest BCUT2D eigenvalue weighted by molar-refractivity contribution is 0.461. The van der Waals surface area contributed by atoms with Crippen molar-refractivity contribution < 1.29 is 13.5 Å². The number of aromatic hydroxyl groups is 1. The lowest BCUT2D eigenvalue weighted by atomic mass is 10.3. The van der Waals surface area contributed by atoms with E-state index in [0.29, 0.717) is 0 Å². The van der Waals surface area contributed by atoms with Crippen LogP contribution >= 0.6 is 11.6 Å². The molecule has 0 spiro atoms. The second-order valence-electron chi connectivity index (χ2n) is 2.55. The van der Waals surface area contributed by atoms with Crippen molar-refractivity contribution in [3.63, 3.8) is 0 Å². The molecule has 0 radical (unpaired) electrons. The molecule has 0 saturated heterocycles. The van der Waals surface area contributed by atoms with Crippen LogP contribution in [0.1, 0.15) is 0 Å². The van der Waals surface area contributed by atoms with Crippen molar-refractivity contribution in [2.45, 2.75) is 4.90 Å². The van der Waals surface area contributed by atoms with E-state index in [4.69, 9.17) is 17.3 Å². The summed E-state index contributed by atoms with van der Waals surface area (Å²) in [6.45, 7) is 0. The van der Waals surface area contributed by atoms with E-state index < -0.39 is 15.8 Å². The summed E-state index contributed by atoms with van der Waals surface area (Å²) in [5.74, 6) is -0.497. The number of hydrogen-bond acceptors (Lipinski definition) is 4. The molecule has 0 heterocycles. The van der Waals surface area contributed by atoms with E-state index in [2.05, 4.69) is 4.72 Å². The number of nitrogens with one attached hydrogen (secondary N) is 1. The van der Waals surface area contributed by atoms with Gasteiger partial charge in [-0.05, 0) is 19.2 Å². The summed E-state index contributed by atoms with van der Waals surface area (Å²) in [7, 11) is -2.51. The van der Waals surface area contributed by atoms with Crippen LogP contribution in [0.3, 0.4) is 0 Å². The van der Waals surface area contributed by atoms with Gasteiger partial charge in [-0.25, -0.2) is 13.1 Å². The zero-order valence-corrected chi connectivity index (χ0v) is 8.85. The van der Waals surface area contributed by atoms with Gasteiger partial charge < -0.3 is 10.8 Å². The van der Waals surface area contributed by atoms with Gasteiger partial charge in [0.2, 0.25) is 10.0 Å². The third kappa shape index (κ3) is 1.92. The molecule has 0 aliphatic heterocycles. The van der Waals surface area contributed by atoms with Crippen LogP contribution in [0.25, 0.3) is 0 Å². The molecular weight excluding hydrogens is 228 g/mol. The average Bonchev–Trinajstić information content (AvgIpc) is 2.11. The summed E-state index contributed by atoms with van der Waals surface area (Å²) in [6.07, 6.45) is 0. The highest BCUT2D eigenvalue weighted by Gasteiger charge is 2.19. The van der Waals surface area contributed by atoms with Gasteiger partial charge in [-0.1, -0.05) is 11.6 Å². The van der Waals surface area contributed by atoms with Crippen LogP contribution in [0.5, 0.6) is 5.75 Å². The normalized spacial score (nSPS) is 11.6. The number of halogens is 1. The fourth-order valence-electron chi connectivity index (χ4n) is 0.909. The minimum Gasteiger partial charge on any atom is -0.504 e. The van der Waals surface area contributed by atoms with Crippen LogP contribution in [0.4, 0.5) is 5.69 Å². The minimum atomic E-state index is -3.74. The number of phenols is 1. The second-order valence-corrected chi connectivity index (χ2v) is 4.84. The Balaban J connectivity index is 3.50. The van der Waals surface area contributed by atoms with E-state index in [1.807, 2.05) is 0 Å². The second kappa shape index (κ2) is 3.64. The zero-order chi connectivity index (χ0) is 10.9. The van der Waals surface area contributed by atoms with Gasteiger partial charge in [0.15, 0.2) is 5.75 Å². The smallest absolute Gasteiger partial charge is 0.244 e. The Bertz CT molecular complexity index is 458. The number of benzene rings is 1. The van der Waals surface area contributed by atoms with Crippen LogP contribution in [0.15, 0.2) is 17.0 Å². The van der Waals surface area contributed by atoms with Crippen LogP contribution in [0.2, 0.25) is 5.02 Å². The SMILES string of the molecule is CNS(=O)(=O)c1cc(Cl)cc(N)c1O. The highest BCUT2D eigenvalue weighted by atomic mass is 35.5. The maximum atomic E-state index is 11.3. The van der Waals surface area contributed by atoms with Crippen molar-refractivity contribution in [1.29, 1.82) is 0 Å². The lowest BCUT2D eigenvalue weighted by Gasteiger charge is -2.07. The molecule has 1 aromatic rings. The standard InChI is InChI=1S/C7H9ClN2O3S/c1-10-14(12,13)6-3-4(8)2-5(9)7(6)11/h2-3,10-11H,9H2,1H3. The monoisotopic (exact) mass is 236 g/mol. The number of nitrogen functional groups attached to an aromatic ring is 1. The largest absolute Gasteiger partial charge is 0.504 e. The molecule has 1 rings (SSSR count). The lowest BCUT2D eigenvalue weighted by Crippen LogP contribution is -2.19. The van der Waals surface area contributed by atoms with Crippen LogP contribution in [-0.2, 0) is 10.0 Å². The summed E-state index contributed by atoms with van der Waals surface area (Å²) in [4.78, 5) is -0.329. The number of anilines is 1. The maximum absolute atomic E-state index is 11.3. The summed E-state index contributed by atoms with van der Waals surface area (Å²) in [6, 6.07) is 2.39. The van der Waals surface area contributed by atoms with Crippen molar-refractivity contribution in [1.82, 2.24) is 4.72 Å². The molecular formula is C7H9ClN2O3S. The molecule has 0 aromatic heterocycles. The van der Waals surface area contributed by atoms with Gasteiger partial charge in [0, 0.05) is 5.02 Å². The summed E-state index contributed by atoms with van der Waals surface area (Å²) >= 11 is 5.60. The summed E-state index contributed by atoms with van der Waals surface area (Å²) in [5, 5.41) is 9.53. The molecule has 1 aromatic carbocycles. The molecule has 14 heavy (non-hydrogen) atoms. The number of nitrogens with two attached hydrogens (primary N) is 1. The number of rotatable bonds is 2. The first-order chi connectivity index (χ1) is 6.38. The highest BCUT2D eigenvalue weighted by Crippen LogP contribution is 2.32. The summed E-state index contributed by atoms with van der Waals surface area (Å²) in [5.41, 5.74) is 5.27. The first kappa shape index (κ1) is 11.1. The van der Waals surface area contributed by atoms with E-state index in [1.54, 1.807) is 0 Å². The molecule has 0 saturated carbocycles. The van der Waals surface area contributed by atoms with Crippen molar-refractivity contribution in [3.8, 4) is 5.75 Å². The third-order valence-electron chi connectivity index (χ3n) is 1.63. The summed E-state index contributed by atoms with van der Waals surface area (Å²) < 4.78 is 24.7. The van der Waals surface area contributed by atoms with Gasteiger partial charge >= 0.3 is 0 Å². The van der Waals surface area contributed by atoms with Crippen LogP contribution < -0.4 is 10.5 Å². The minimum absolute atomic E-state index is 0.0775. The predicted molar refractivity (Wildman–Crippen MR) is 53.8 cm³/mol. The van der Waals surface area contributed by atoms with Crippen molar-refractivity contribution in [2.75, 3.05) is 12.8 Å².